The Morgan fingerprint density at radius 3 is 1.86 bits per heavy atom. The van der Waals surface area contributed by atoms with Gasteiger partial charge in [-0.15, -0.1) is 0 Å². The molecular weight excluding hydrogens is 356 g/mol. The zero-order valence-electron chi connectivity index (χ0n) is 17.1. The highest BCUT2D eigenvalue weighted by molar-refractivity contribution is 6.00. The van der Waals surface area contributed by atoms with E-state index >= 15 is 0 Å². The molecule has 0 saturated carbocycles. The standard InChI is InChI=1S/C27H28O2/c1-2-3-4-5-6-12-21-13-7-8-16-24(21)25-17-9-10-18-26(25)27-22(19-28)14-11-15-23(27)20-29/h7-11,13-20H,2-6,12H2,1H3. The highest BCUT2D eigenvalue weighted by Crippen LogP contribution is 2.37. The maximum atomic E-state index is 11.7. The molecule has 148 valence electrons. The molecule has 0 bridgehead atoms. The summed E-state index contributed by atoms with van der Waals surface area (Å²) in [4.78, 5) is 23.4. The smallest absolute Gasteiger partial charge is 0.150 e. The molecule has 0 heterocycles. The van der Waals surface area contributed by atoms with Crippen molar-refractivity contribution >= 4 is 12.6 Å². The summed E-state index contributed by atoms with van der Waals surface area (Å²) in [6.07, 6.45) is 8.93. The lowest BCUT2D eigenvalue weighted by Gasteiger charge is -2.16. The Labute approximate surface area is 173 Å². The molecule has 0 amide bonds. The molecule has 2 heteroatoms. The third-order valence-corrected chi connectivity index (χ3v) is 5.44. The van der Waals surface area contributed by atoms with Crippen LogP contribution in [0.3, 0.4) is 0 Å². The molecule has 3 aromatic rings. The maximum Gasteiger partial charge on any atom is 0.150 e. The second kappa shape index (κ2) is 10.5. The molecule has 3 rings (SSSR count). The van der Waals surface area contributed by atoms with Crippen LogP contribution in [0.25, 0.3) is 22.3 Å². The number of aldehydes is 2. The normalized spacial score (nSPS) is 10.7. The van der Waals surface area contributed by atoms with Crippen LogP contribution in [-0.2, 0) is 6.42 Å². The summed E-state index contributed by atoms with van der Waals surface area (Å²) in [5, 5.41) is 0. The third kappa shape index (κ3) is 4.89. The fourth-order valence-electron chi connectivity index (χ4n) is 3.95. The Morgan fingerprint density at radius 2 is 1.21 bits per heavy atom. The summed E-state index contributed by atoms with van der Waals surface area (Å²) in [6.45, 7) is 2.23. The summed E-state index contributed by atoms with van der Waals surface area (Å²) in [5.41, 5.74) is 6.28. The number of carbonyl (C=O) groups is 2. The SMILES string of the molecule is CCCCCCCc1ccccc1-c1ccccc1-c1c(C=O)cccc1C=O. The molecule has 0 spiro atoms. The van der Waals surface area contributed by atoms with Gasteiger partial charge in [0.2, 0.25) is 0 Å². The van der Waals surface area contributed by atoms with Gasteiger partial charge in [-0.05, 0) is 35.1 Å². The van der Waals surface area contributed by atoms with Crippen LogP contribution in [0.1, 0.15) is 65.3 Å². The average Bonchev–Trinajstić information content (AvgIpc) is 2.78. The lowest BCUT2D eigenvalue weighted by Crippen LogP contribution is -1.98. The molecule has 0 atom stereocenters. The summed E-state index contributed by atoms with van der Waals surface area (Å²) >= 11 is 0. The lowest BCUT2D eigenvalue weighted by molar-refractivity contribution is 0.112. The summed E-state index contributed by atoms with van der Waals surface area (Å²) in [7, 11) is 0. The number of benzene rings is 3. The number of hydrogen-bond acceptors (Lipinski definition) is 2. The van der Waals surface area contributed by atoms with Gasteiger partial charge < -0.3 is 0 Å². The number of rotatable bonds is 10. The van der Waals surface area contributed by atoms with E-state index in [4.69, 9.17) is 0 Å². The van der Waals surface area contributed by atoms with E-state index in [-0.39, 0.29) is 0 Å². The van der Waals surface area contributed by atoms with Gasteiger partial charge in [0.25, 0.3) is 0 Å². The quantitative estimate of drug-likeness (QED) is 0.274. The molecule has 0 N–H and O–H groups in total. The minimum Gasteiger partial charge on any atom is -0.298 e. The fourth-order valence-corrected chi connectivity index (χ4v) is 3.95. The van der Waals surface area contributed by atoms with Crippen LogP contribution in [0.4, 0.5) is 0 Å². The molecule has 0 aromatic heterocycles. The average molecular weight is 385 g/mol. The second-order valence-electron chi connectivity index (χ2n) is 7.41. The molecule has 2 nitrogen and oxygen atoms in total. The van der Waals surface area contributed by atoms with Gasteiger partial charge in [-0.25, -0.2) is 0 Å². The van der Waals surface area contributed by atoms with Crippen LogP contribution in [0.5, 0.6) is 0 Å². The summed E-state index contributed by atoms with van der Waals surface area (Å²) in [6, 6.07) is 21.8. The van der Waals surface area contributed by atoms with Crippen molar-refractivity contribution in [2.24, 2.45) is 0 Å². The predicted octanol–water partition coefficient (Wildman–Crippen LogP) is 7.16. The van der Waals surface area contributed by atoms with Crippen molar-refractivity contribution in [2.45, 2.75) is 45.4 Å². The van der Waals surface area contributed by atoms with Crippen molar-refractivity contribution in [1.82, 2.24) is 0 Å². The van der Waals surface area contributed by atoms with E-state index in [1.54, 1.807) is 18.2 Å². The first kappa shape index (κ1) is 20.7. The Morgan fingerprint density at radius 1 is 0.621 bits per heavy atom. The first-order valence-corrected chi connectivity index (χ1v) is 10.5. The van der Waals surface area contributed by atoms with Gasteiger partial charge in [0.1, 0.15) is 0 Å². The zero-order valence-corrected chi connectivity index (χ0v) is 17.1. The van der Waals surface area contributed by atoms with Crippen molar-refractivity contribution in [3.8, 4) is 22.3 Å². The first-order chi connectivity index (χ1) is 14.3. The fraction of sp³-hybridized carbons (Fsp3) is 0.259. The molecule has 0 aliphatic carbocycles. The van der Waals surface area contributed by atoms with Gasteiger partial charge in [0, 0.05) is 16.7 Å². The predicted molar refractivity (Wildman–Crippen MR) is 121 cm³/mol. The molecule has 0 saturated heterocycles. The van der Waals surface area contributed by atoms with E-state index in [0.29, 0.717) is 16.7 Å². The topological polar surface area (TPSA) is 34.1 Å². The monoisotopic (exact) mass is 384 g/mol. The minimum absolute atomic E-state index is 0.541. The van der Waals surface area contributed by atoms with E-state index in [9.17, 15) is 9.59 Å². The molecule has 0 unspecified atom stereocenters. The van der Waals surface area contributed by atoms with E-state index in [2.05, 4.69) is 37.3 Å². The maximum absolute atomic E-state index is 11.7. The number of aryl methyl sites for hydroxylation is 1. The molecule has 29 heavy (non-hydrogen) atoms. The molecule has 3 aromatic carbocycles. The highest BCUT2D eigenvalue weighted by Gasteiger charge is 2.16. The van der Waals surface area contributed by atoms with E-state index in [1.807, 2.05) is 18.2 Å². The molecule has 0 fully saturated rings. The van der Waals surface area contributed by atoms with Gasteiger partial charge in [-0.2, -0.15) is 0 Å². The number of carbonyl (C=O) groups excluding carboxylic acids is 2. The van der Waals surface area contributed by atoms with Crippen LogP contribution in [-0.4, -0.2) is 12.6 Å². The van der Waals surface area contributed by atoms with Crippen molar-refractivity contribution in [3.05, 3.63) is 83.4 Å². The van der Waals surface area contributed by atoms with Gasteiger partial charge in [-0.3, -0.25) is 9.59 Å². The largest absolute Gasteiger partial charge is 0.298 e. The molecule has 0 aliphatic heterocycles. The van der Waals surface area contributed by atoms with Crippen LogP contribution < -0.4 is 0 Å². The van der Waals surface area contributed by atoms with Crippen molar-refractivity contribution in [2.75, 3.05) is 0 Å². The van der Waals surface area contributed by atoms with Gasteiger partial charge in [0.15, 0.2) is 12.6 Å². The molecule has 0 radical (unpaired) electrons. The number of hydrogen-bond donors (Lipinski definition) is 0. The summed E-state index contributed by atoms with van der Waals surface area (Å²) in [5.74, 6) is 0. The van der Waals surface area contributed by atoms with Crippen molar-refractivity contribution < 1.29 is 9.59 Å². The van der Waals surface area contributed by atoms with Crippen molar-refractivity contribution in [3.63, 3.8) is 0 Å². The van der Waals surface area contributed by atoms with Crippen molar-refractivity contribution in [1.29, 1.82) is 0 Å². The Balaban J connectivity index is 2.04. The van der Waals surface area contributed by atoms with E-state index in [0.717, 1.165) is 30.1 Å². The van der Waals surface area contributed by atoms with Crippen LogP contribution in [0, 0.1) is 0 Å². The Kier molecular flexibility index (Phi) is 7.52. The van der Waals surface area contributed by atoms with E-state index in [1.165, 1.54) is 43.2 Å². The highest BCUT2D eigenvalue weighted by atomic mass is 16.1. The number of unbranched alkanes of at least 4 members (excludes halogenated alkanes) is 4. The minimum atomic E-state index is 0.541. The zero-order chi connectivity index (χ0) is 20.5. The van der Waals surface area contributed by atoms with Gasteiger partial charge in [0.05, 0.1) is 0 Å². The van der Waals surface area contributed by atoms with Gasteiger partial charge >= 0.3 is 0 Å². The second-order valence-corrected chi connectivity index (χ2v) is 7.41. The van der Waals surface area contributed by atoms with Crippen LogP contribution in [0.2, 0.25) is 0 Å². The Hall–Kier alpha value is -3.00. The lowest BCUT2D eigenvalue weighted by atomic mass is 9.87. The molecular formula is C27H28O2. The van der Waals surface area contributed by atoms with E-state index < -0.39 is 0 Å². The summed E-state index contributed by atoms with van der Waals surface area (Å²) < 4.78 is 0. The third-order valence-electron chi connectivity index (χ3n) is 5.44. The van der Waals surface area contributed by atoms with Crippen LogP contribution in [0.15, 0.2) is 66.7 Å². The first-order valence-electron chi connectivity index (χ1n) is 10.5. The Bertz CT molecular complexity index is 946. The van der Waals surface area contributed by atoms with Crippen LogP contribution >= 0.6 is 0 Å². The molecule has 0 aliphatic rings. The van der Waals surface area contributed by atoms with Gasteiger partial charge in [-0.1, -0.05) is 99.3 Å².